The maximum atomic E-state index is 13.4. The predicted molar refractivity (Wildman–Crippen MR) is 114 cm³/mol. The zero-order valence-corrected chi connectivity index (χ0v) is 17.5. The Labute approximate surface area is 171 Å². The fourth-order valence-corrected chi connectivity index (χ4v) is 4.86. The van der Waals surface area contributed by atoms with Gasteiger partial charge in [-0.3, -0.25) is 9.78 Å². The molecule has 1 N–H and O–H groups in total. The lowest BCUT2D eigenvalue weighted by atomic mass is 10.1. The van der Waals surface area contributed by atoms with E-state index < -0.39 is 15.1 Å². The third-order valence-corrected chi connectivity index (χ3v) is 7.17. The van der Waals surface area contributed by atoms with Crippen LogP contribution in [0.1, 0.15) is 37.9 Å². The van der Waals surface area contributed by atoms with Gasteiger partial charge in [0, 0.05) is 24.5 Å². The van der Waals surface area contributed by atoms with Crippen LogP contribution in [0, 0.1) is 20.8 Å². The first kappa shape index (κ1) is 20.7. The quantitative estimate of drug-likeness (QED) is 0.670. The molecule has 0 fully saturated rings. The summed E-state index contributed by atoms with van der Waals surface area (Å²) in [6.45, 7) is 5.62. The minimum absolute atomic E-state index is 0.0475. The molecule has 0 aliphatic carbocycles. The van der Waals surface area contributed by atoms with Crippen molar-refractivity contribution in [2.75, 3.05) is 6.54 Å². The molecule has 0 bridgehead atoms. The van der Waals surface area contributed by atoms with E-state index in [0.29, 0.717) is 11.1 Å². The van der Waals surface area contributed by atoms with E-state index >= 15 is 0 Å². The number of aromatic nitrogens is 1. The number of rotatable bonds is 6. The molecule has 1 atom stereocenters. The van der Waals surface area contributed by atoms with Gasteiger partial charge in [-0.1, -0.05) is 30.3 Å². The largest absolute Gasteiger partial charge is 0.350 e. The van der Waals surface area contributed by atoms with Crippen LogP contribution in [0.3, 0.4) is 0 Å². The molecule has 5 nitrogen and oxygen atoms in total. The summed E-state index contributed by atoms with van der Waals surface area (Å²) in [7, 11) is -3.74. The van der Waals surface area contributed by atoms with Crippen LogP contribution in [0.15, 0.2) is 71.9 Å². The highest BCUT2D eigenvalue weighted by molar-refractivity contribution is 7.91. The van der Waals surface area contributed by atoms with Gasteiger partial charge in [-0.2, -0.15) is 0 Å². The molecule has 1 amide bonds. The van der Waals surface area contributed by atoms with E-state index in [1.807, 2.05) is 32.9 Å². The predicted octanol–water partition coefficient (Wildman–Crippen LogP) is 3.95. The second-order valence-electron chi connectivity index (χ2n) is 7.09. The normalized spacial score (nSPS) is 12.4. The fraction of sp³-hybridized carbons (Fsp3) is 0.217. The Morgan fingerprint density at radius 1 is 0.966 bits per heavy atom. The third-order valence-electron chi connectivity index (χ3n) is 5.08. The van der Waals surface area contributed by atoms with Gasteiger partial charge in [0.15, 0.2) is 9.84 Å². The minimum atomic E-state index is -3.74. The molecule has 1 aromatic heterocycles. The van der Waals surface area contributed by atoms with E-state index in [4.69, 9.17) is 0 Å². The molecule has 29 heavy (non-hydrogen) atoms. The molecule has 6 heteroatoms. The molecular formula is C23H24N2O3S. The topological polar surface area (TPSA) is 76.1 Å². The van der Waals surface area contributed by atoms with Crippen molar-refractivity contribution in [3.05, 3.63) is 94.8 Å². The average molecular weight is 409 g/mol. The number of benzene rings is 2. The molecule has 0 spiro atoms. The summed E-state index contributed by atoms with van der Waals surface area (Å²) in [5, 5.41) is 1.86. The Balaban J connectivity index is 1.94. The van der Waals surface area contributed by atoms with Gasteiger partial charge in [0.2, 0.25) is 0 Å². The fourth-order valence-electron chi connectivity index (χ4n) is 3.14. The van der Waals surface area contributed by atoms with Gasteiger partial charge >= 0.3 is 0 Å². The summed E-state index contributed by atoms with van der Waals surface area (Å²) in [6, 6.07) is 15.7. The molecule has 0 aliphatic rings. The minimum Gasteiger partial charge on any atom is -0.350 e. The summed E-state index contributed by atoms with van der Waals surface area (Å²) in [4.78, 5) is 16.9. The lowest BCUT2D eigenvalue weighted by Crippen LogP contribution is -2.32. The number of nitrogens with zero attached hydrogens (tertiary/aromatic N) is 1. The zero-order valence-electron chi connectivity index (χ0n) is 16.7. The smallest absolute Gasteiger partial charge is 0.251 e. The molecule has 1 heterocycles. The van der Waals surface area contributed by atoms with Crippen LogP contribution in [0.25, 0.3) is 0 Å². The van der Waals surface area contributed by atoms with Crippen LogP contribution >= 0.6 is 0 Å². The van der Waals surface area contributed by atoms with Gasteiger partial charge in [-0.05, 0) is 67.3 Å². The highest BCUT2D eigenvalue weighted by Crippen LogP contribution is 2.29. The Morgan fingerprint density at radius 2 is 1.72 bits per heavy atom. The number of hydrogen-bond donors (Lipinski definition) is 1. The summed E-state index contributed by atoms with van der Waals surface area (Å²) in [6.07, 6.45) is 3.12. The highest BCUT2D eigenvalue weighted by atomic mass is 32.2. The summed E-state index contributed by atoms with van der Waals surface area (Å²) in [5.74, 6) is -0.299. The van der Waals surface area contributed by atoms with Gasteiger partial charge < -0.3 is 5.32 Å². The highest BCUT2D eigenvalue weighted by Gasteiger charge is 2.30. The van der Waals surface area contributed by atoms with Crippen LogP contribution in [-0.4, -0.2) is 25.9 Å². The standard InChI is InChI=1S/C23H24N2O3S/c1-16-10-11-20(13-18(16)3)29(27,28)22(19-8-6-12-24-14-19)15-25-23(26)21-9-5-4-7-17(21)2/h4-14,22H,15H2,1-3H3,(H,25,26)/t22-/m0/s1. The van der Waals surface area contributed by atoms with E-state index in [2.05, 4.69) is 10.3 Å². The van der Waals surface area contributed by atoms with E-state index in [-0.39, 0.29) is 17.3 Å². The van der Waals surface area contributed by atoms with Crippen LogP contribution in [-0.2, 0) is 9.84 Å². The number of carbonyl (C=O) groups is 1. The van der Waals surface area contributed by atoms with Gasteiger partial charge in [0.1, 0.15) is 5.25 Å². The van der Waals surface area contributed by atoms with Gasteiger partial charge in [-0.25, -0.2) is 8.42 Å². The monoisotopic (exact) mass is 408 g/mol. The van der Waals surface area contributed by atoms with Crippen molar-refractivity contribution in [3.8, 4) is 0 Å². The number of amides is 1. The van der Waals surface area contributed by atoms with Crippen molar-refractivity contribution < 1.29 is 13.2 Å². The SMILES string of the molecule is Cc1ccc(S(=O)(=O)[C@@H](CNC(=O)c2ccccc2C)c2cccnc2)cc1C. The number of hydrogen-bond acceptors (Lipinski definition) is 4. The van der Waals surface area contributed by atoms with Gasteiger partial charge in [-0.15, -0.1) is 0 Å². The van der Waals surface area contributed by atoms with Crippen LogP contribution < -0.4 is 5.32 Å². The van der Waals surface area contributed by atoms with Crippen molar-refractivity contribution in [1.82, 2.24) is 10.3 Å². The summed E-state index contributed by atoms with van der Waals surface area (Å²) in [5.41, 5.74) is 3.83. The lowest BCUT2D eigenvalue weighted by molar-refractivity contribution is 0.0953. The van der Waals surface area contributed by atoms with Crippen molar-refractivity contribution >= 4 is 15.7 Å². The van der Waals surface area contributed by atoms with Crippen LogP contribution in [0.4, 0.5) is 0 Å². The summed E-state index contributed by atoms with van der Waals surface area (Å²) < 4.78 is 26.9. The molecular weight excluding hydrogens is 384 g/mol. The van der Waals surface area contributed by atoms with E-state index in [1.54, 1.807) is 48.7 Å². The van der Waals surface area contributed by atoms with Gasteiger partial charge in [0.05, 0.1) is 4.90 Å². The average Bonchev–Trinajstić information content (AvgIpc) is 2.71. The number of pyridine rings is 1. The molecule has 0 aliphatic heterocycles. The number of aryl methyl sites for hydroxylation is 3. The third kappa shape index (κ3) is 4.54. The number of nitrogens with one attached hydrogen (secondary N) is 1. The molecule has 2 aromatic carbocycles. The molecule has 150 valence electrons. The Morgan fingerprint density at radius 3 is 2.38 bits per heavy atom. The number of carbonyl (C=O) groups excluding carboxylic acids is 1. The molecule has 0 saturated carbocycles. The van der Waals surface area contributed by atoms with Crippen molar-refractivity contribution in [2.24, 2.45) is 0 Å². The zero-order chi connectivity index (χ0) is 21.0. The van der Waals surface area contributed by atoms with Crippen LogP contribution in [0.2, 0.25) is 0 Å². The maximum Gasteiger partial charge on any atom is 0.251 e. The van der Waals surface area contributed by atoms with Crippen LogP contribution in [0.5, 0.6) is 0 Å². The molecule has 0 radical (unpaired) electrons. The Bertz CT molecular complexity index is 1130. The first-order chi connectivity index (χ1) is 13.8. The summed E-state index contributed by atoms with van der Waals surface area (Å²) >= 11 is 0. The van der Waals surface area contributed by atoms with Crippen molar-refractivity contribution in [1.29, 1.82) is 0 Å². The Hall–Kier alpha value is -2.99. The number of sulfone groups is 1. The molecule has 0 saturated heterocycles. The second kappa shape index (κ2) is 8.57. The molecule has 3 aromatic rings. The Kier molecular flexibility index (Phi) is 6.13. The van der Waals surface area contributed by atoms with Crippen molar-refractivity contribution in [3.63, 3.8) is 0 Å². The first-order valence-electron chi connectivity index (χ1n) is 9.35. The van der Waals surface area contributed by atoms with E-state index in [1.165, 1.54) is 6.20 Å². The maximum absolute atomic E-state index is 13.4. The lowest BCUT2D eigenvalue weighted by Gasteiger charge is -2.19. The first-order valence-corrected chi connectivity index (χ1v) is 10.9. The van der Waals surface area contributed by atoms with Gasteiger partial charge in [0.25, 0.3) is 5.91 Å². The molecule has 3 rings (SSSR count). The molecule has 0 unspecified atom stereocenters. The van der Waals surface area contributed by atoms with E-state index in [0.717, 1.165) is 16.7 Å². The van der Waals surface area contributed by atoms with Crippen molar-refractivity contribution in [2.45, 2.75) is 30.9 Å². The van der Waals surface area contributed by atoms with E-state index in [9.17, 15) is 13.2 Å². The second-order valence-corrected chi connectivity index (χ2v) is 9.22.